The number of carboxylic acid groups (broad SMARTS) is 1. The fourth-order valence-corrected chi connectivity index (χ4v) is 1.46. The van der Waals surface area contributed by atoms with Gasteiger partial charge in [-0.15, -0.1) is 0 Å². The van der Waals surface area contributed by atoms with E-state index in [9.17, 15) is 18.0 Å². The van der Waals surface area contributed by atoms with Crippen molar-refractivity contribution < 1.29 is 23.1 Å². The number of halogens is 4. The summed E-state index contributed by atoms with van der Waals surface area (Å²) in [4.78, 5) is 13.7. The van der Waals surface area contributed by atoms with Crippen molar-refractivity contribution in [1.82, 2.24) is 4.98 Å². The summed E-state index contributed by atoms with van der Waals surface area (Å²) in [6, 6.07) is 0.747. The third-order valence-electron chi connectivity index (χ3n) is 1.37. The van der Waals surface area contributed by atoms with Crippen LogP contribution in [0.1, 0.15) is 16.1 Å². The maximum Gasteiger partial charge on any atom is 0.417 e. The summed E-state index contributed by atoms with van der Waals surface area (Å²) in [5.41, 5.74) is -1.33. The minimum Gasteiger partial charge on any atom is -0.476 e. The van der Waals surface area contributed by atoms with Gasteiger partial charge in [-0.05, 0) is 28.7 Å². The van der Waals surface area contributed by atoms with E-state index in [1.54, 1.807) is 0 Å². The van der Waals surface area contributed by atoms with E-state index >= 15 is 0 Å². The molecule has 1 heterocycles. The van der Waals surface area contributed by atoms with Crippen molar-refractivity contribution in [2.75, 3.05) is 0 Å². The SMILES string of the molecule is O=C(O)c1ncc(C(F)(F)F)cc1I.[Na]. The van der Waals surface area contributed by atoms with Gasteiger partial charge in [-0.3, -0.25) is 0 Å². The normalized spacial score (nSPS) is 10.7. The van der Waals surface area contributed by atoms with Crippen LogP contribution in [-0.4, -0.2) is 45.6 Å². The molecule has 1 aromatic rings. The smallest absolute Gasteiger partial charge is 0.417 e. The molecule has 77 valence electrons. The molecule has 1 radical (unpaired) electrons. The monoisotopic (exact) mass is 340 g/mol. The van der Waals surface area contributed by atoms with Crippen molar-refractivity contribution in [3.05, 3.63) is 27.1 Å². The van der Waals surface area contributed by atoms with Gasteiger partial charge in [-0.2, -0.15) is 13.2 Å². The molecule has 1 aromatic heterocycles. The Morgan fingerprint density at radius 1 is 1.47 bits per heavy atom. The van der Waals surface area contributed by atoms with Crippen molar-refractivity contribution in [2.24, 2.45) is 0 Å². The second kappa shape index (κ2) is 5.46. The van der Waals surface area contributed by atoms with Crippen molar-refractivity contribution in [1.29, 1.82) is 0 Å². The number of carboxylic acids is 1. The Hall–Kier alpha value is 0.140. The summed E-state index contributed by atoms with van der Waals surface area (Å²) >= 11 is 1.50. The van der Waals surface area contributed by atoms with Crippen LogP contribution in [0.3, 0.4) is 0 Å². The summed E-state index contributed by atoms with van der Waals surface area (Å²) in [6.45, 7) is 0. The maximum absolute atomic E-state index is 12.1. The fraction of sp³-hybridized carbons (Fsp3) is 0.143. The Bertz CT molecular complexity index is 383. The van der Waals surface area contributed by atoms with Crippen LogP contribution in [0.4, 0.5) is 13.2 Å². The quantitative estimate of drug-likeness (QED) is 0.629. The number of nitrogens with zero attached hydrogens (tertiary/aromatic N) is 1. The van der Waals surface area contributed by atoms with Gasteiger partial charge in [0.2, 0.25) is 0 Å². The van der Waals surface area contributed by atoms with Crippen LogP contribution in [0, 0.1) is 3.57 Å². The van der Waals surface area contributed by atoms with Crippen molar-refractivity contribution in [3.63, 3.8) is 0 Å². The van der Waals surface area contributed by atoms with Gasteiger partial charge in [-0.1, -0.05) is 0 Å². The van der Waals surface area contributed by atoms with Gasteiger partial charge < -0.3 is 5.11 Å². The number of pyridine rings is 1. The van der Waals surface area contributed by atoms with Crippen LogP contribution >= 0.6 is 22.6 Å². The van der Waals surface area contributed by atoms with Gasteiger partial charge in [0.1, 0.15) is 0 Å². The number of aromatic carboxylic acids is 1. The molecule has 0 fully saturated rings. The van der Waals surface area contributed by atoms with Crippen molar-refractivity contribution in [3.8, 4) is 0 Å². The fourth-order valence-electron chi connectivity index (χ4n) is 0.750. The van der Waals surface area contributed by atoms with Crippen molar-refractivity contribution >= 4 is 58.1 Å². The molecule has 1 rings (SSSR count). The summed E-state index contributed by atoms with van der Waals surface area (Å²) < 4.78 is 36.3. The van der Waals surface area contributed by atoms with Gasteiger partial charge in [0.15, 0.2) is 5.69 Å². The Labute approximate surface area is 119 Å². The molecule has 0 spiro atoms. The van der Waals surface area contributed by atoms with Crippen LogP contribution in [0.2, 0.25) is 0 Å². The molecule has 0 aromatic carbocycles. The maximum atomic E-state index is 12.1. The molecule has 0 aliphatic rings. The average molecular weight is 340 g/mol. The molecular formula is C7H3F3INNaO2. The minimum atomic E-state index is -4.50. The van der Waals surface area contributed by atoms with Crippen LogP contribution in [0.5, 0.6) is 0 Å². The largest absolute Gasteiger partial charge is 0.476 e. The first kappa shape index (κ1) is 15.1. The van der Waals surface area contributed by atoms with E-state index in [4.69, 9.17) is 5.11 Å². The van der Waals surface area contributed by atoms with E-state index in [1.807, 2.05) is 0 Å². The summed E-state index contributed by atoms with van der Waals surface area (Å²) in [5.74, 6) is -1.34. The van der Waals surface area contributed by atoms with Gasteiger partial charge in [0, 0.05) is 39.3 Å². The predicted molar refractivity (Wildman–Crippen MR) is 54.7 cm³/mol. The molecule has 0 saturated carbocycles. The number of alkyl halides is 3. The van der Waals surface area contributed by atoms with E-state index in [0.717, 1.165) is 6.07 Å². The van der Waals surface area contributed by atoms with Crippen LogP contribution in [-0.2, 0) is 6.18 Å². The van der Waals surface area contributed by atoms with Gasteiger partial charge in [0.25, 0.3) is 0 Å². The second-order valence-corrected chi connectivity index (χ2v) is 3.52. The van der Waals surface area contributed by atoms with Gasteiger partial charge in [-0.25, -0.2) is 9.78 Å². The Kier molecular flexibility index (Phi) is 5.51. The number of rotatable bonds is 1. The summed E-state index contributed by atoms with van der Waals surface area (Å²) in [5, 5.41) is 8.51. The topological polar surface area (TPSA) is 50.2 Å². The third-order valence-corrected chi connectivity index (χ3v) is 2.19. The zero-order chi connectivity index (χ0) is 10.9. The third kappa shape index (κ3) is 3.89. The second-order valence-electron chi connectivity index (χ2n) is 2.36. The molecule has 1 N–H and O–H groups in total. The molecule has 0 amide bonds. The van der Waals surface area contributed by atoms with Crippen LogP contribution in [0.25, 0.3) is 0 Å². The van der Waals surface area contributed by atoms with Crippen LogP contribution in [0.15, 0.2) is 12.3 Å². The predicted octanol–water partition coefficient (Wildman–Crippen LogP) is 2.02. The zero-order valence-electron chi connectivity index (χ0n) is 7.47. The Balaban J connectivity index is 0.00000196. The zero-order valence-corrected chi connectivity index (χ0v) is 11.6. The number of aromatic nitrogens is 1. The number of hydrogen-bond donors (Lipinski definition) is 1. The molecule has 0 atom stereocenters. The molecule has 0 unspecified atom stereocenters. The van der Waals surface area contributed by atoms with E-state index in [-0.39, 0.29) is 38.8 Å². The van der Waals surface area contributed by atoms with Crippen LogP contribution < -0.4 is 0 Å². The molecule has 0 saturated heterocycles. The van der Waals surface area contributed by atoms with E-state index in [1.165, 1.54) is 22.6 Å². The molecule has 15 heavy (non-hydrogen) atoms. The first-order valence-corrected chi connectivity index (χ1v) is 4.36. The molecule has 0 bridgehead atoms. The molecule has 0 aliphatic heterocycles. The van der Waals surface area contributed by atoms with E-state index < -0.39 is 17.7 Å². The Morgan fingerprint density at radius 3 is 2.33 bits per heavy atom. The first-order valence-electron chi connectivity index (χ1n) is 3.28. The van der Waals surface area contributed by atoms with Gasteiger partial charge >= 0.3 is 12.1 Å². The molecule has 0 aliphatic carbocycles. The molecular weight excluding hydrogens is 337 g/mol. The van der Waals surface area contributed by atoms with E-state index in [0.29, 0.717) is 6.20 Å². The molecule has 3 nitrogen and oxygen atoms in total. The standard InChI is InChI=1S/C7H3F3INO2.Na/c8-7(9,10)3-1-4(11)5(6(13)14)12-2-3;/h1-2H,(H,13,14);. The number of carbonyl (C=O) groups is 1. The number of hydrogen-bond acceptors (Lipinski definition) is 2. The summed E-state index contributed by atoms with van der Waals surface area (Å²) in [6.07, 6.45) is -3.99. The molecule has 8 heteroatoms. The minimum absolute atomic E-state index is 0. The van der Waals surface area contributed by atoms with Crippen molar-refractivity contribution in [2.45, 2.75) is 6.18 Å². The Morgan fingerprint density at radius 2 is 2.00 bits per heavy atom. The summed E-state index contributed by atoms with van der Waals surface area (Å²) in [7, 11) is 0. The van der Waals surface area contributed by atoms with E-state index in [2.05, 4.69) is 4.98 Å². The first-order chi connectivity index (χ1) is 6.32. The van der Waals surface area contributed by atoms with Gasteiger partial charge in [0.05, 0.1) is 5.56 Å². The average Bonchev–Trinajstić information content (AvgIpc) is 2.01.